The molecule has 0 spiro atoms. The van der Waals surface area contributed by atoms with Gasteiger partial charge in [-0.1, -0.05) is 11.8 Å². The van der Waals surface area contributed by atoms with Gasteiger partial charge in [0.05, 0.1) is 12.1 Å². The van der Waals surface area contributed by atoms with Gasteiger partial charge in [-0.15, -0.1) is 0 Å². The van der Waals surface area contributed by atoms with Crippen molar-refractivity contribution in [3.05, 3.63) is 35.1 Å². The van der Waals surface area contributed by atoms with Crippen molar-refractivity contribution < 1.29 is 9.18 Å². The molecule has 5 heteroatoms. The van der Waals surface area contributed by atoms with E-state index in [0.29, 0.717) is 24.7 Å². The van der Waals surface area contributed by atoms with Crippen LogP contribution in [0.5, 0.6) is 0 Å². The number of nitrogens with zero attached hydrogens (tertiary/aromatic N) is 1. The molecule has 1 aromatic rings. The monoisotopic (exact) mass is 291 g/mol. The summed E-state index contributed by atoms with van der Waals surface area (Å²) < 4.78 is 13.9. The van der Waals surface area contributed by atoms with Crippen molar-refractivity contribution in [1.82, 2.24) is 10.2 Å². The van der Waals surface area contributed by atoms with Gasteiger partial charge in [0.2, 0.25) is 0 Å². The van der Waals surface area contributed by atoms with E-state index in [1.165, 1.54) is 12.1 Å². The maximum atomic E-state index is 13.9. The van der Waals surface area contributed by atoms with E-state index < -0.39 is 11.7 Å². The lowest BCUT2D eigenvalue weighted by atomic mass is 10.1. The van der Waals surface area contributed by atoms with Gasteiger partial charge in [0.25, 0.3) is 5.91 Å². The Balaban J connectivity index is 2.62. The van der Waals surface area contributed by atoms with Crippen molar-refractivity contribution >= 4 is 5.91 Å². The highest BCUT2D eigenvalue weighted by Gasteiger charge is 2.12. The smallest absolute Gasteiger partial charge is 0.254 e. The minimum Gasteiger partial charge on any atom is -0.351 e. The highest BCUT2D eigenvalue weighted by atomic mass is 19.1. The maximum Gasteiger partial charge on any atom is 0.254 e. The van der Waals surface area contributed by atoms with Crippen LogP contribution in [0.1, 0.15) is 29.8 Å². The first-order valence-electron chi connectivity index (χ1n) is 6.92. The standard InChI is InChI=1S/C16H22FN3O/c1-12(2)20(3)10-9-19-16(21)14-7-6-13(5-4-8-18)11-15(14)17/h6-7,11-12H,8-10,18H2,1-3H3,(H,19,21). The molecule has 1 rings (SSSR count). The number of benzene rings is 1. The first-order valence-corrected chi connectivity index (χ1v) is 6.92. The third kappa shape index (κ3) is 5.54. The van der Waals surface area contributed by atoms with Gasteiger partial charge < -0.3 is 16.0 Å². The molecule has 0 heterocycles. The molecule has 0 aliphatic heterocycles. The van der Waals surface area contributed by atoms with E-state index in [1.54, 1.807) is 6.07 Å². The highest BCUT2D eigenvalue weighted by molar-refractivity contribution is 5.94. The van der Waals surface area contributed by atoms with Crippen LogP contribution >= 0.6 is 0 Å². The molecule has 0 atom stereocenters. The maximum absolute atomic E-state index is 13.9. The molecule has 0 aliphatic rings. The quantitative estimate of drug-likeness (QED) is 0.802. The zero-order chi connectivity index (χ0) is 15.8. The lowest BCUT2D eigenvalue weighted by Crippen LogP contribution is -2.36. The molecule has 0 fully saturated rings. The fourth-order valence-corrected chi connectivity index (χ4v) is 1.63. The first kappa shape index (κ1) is 17.2. The SMILES string of the molecule is CC(C)N(C)CCNC(=O)c1ccc(C#CCN)cc1F. The average molecular weight is 291 g/mol. The van der Waals surface area contributed by atoms with Gasteiger partial charge in [-0.2, -0.15) is 0 Å². The number of nitrogens with two attached hydrogens (primary N) is 1. The number of hydrogen-bond acceptors (Lipinski definition) is 3. The van der Waals surface area contributed by atoms with Crippen molar-refractivity contribution in [3.8, 4) is 11.8 Å². The lowest BCUT2D eigenvalue weighted by molar-refractivity contribution is 0.0944. The number of nitrogens with one attached hydrogen (secondary N) is 1. The minimum absolute atomic E-state index is 0.0282. The summed E-state index contributed by atoms with van der Waals surface area (Å²) in [6.07, 6.45) is 0. The summed E-state index contributed by atoms with van der Waals surface area (Å²) in [4.78, 5) is 14.0. The van der Waals surface area contributed by atoms with Crippen molar-refractivity contribution in [2.45, 2.75) is 19.9 Å². The van der Waals surface area contributed by atoms with Gasteiger partial charge in [0, 0.05) is 24.7 Å². The van der Waals surface area contributed by atoms with Crippen molar-refractivity contribution in [2.75, 3.05) is 26.7 Å². The van der Waals surface area contributed by atoms with Gasteiger partial charge >= 0.3 is 0 Å². The fraction of sp³-hybridized carbons (Fsp3) is 0.438. The van der Waals surface area contributed by atoms with Crippen molar-refractivity contribution in [3.63, 3.8) is 0 Å². The van der Waals surface area contributed by atoms with Crippen LogP contribution in [0.3, 0.4) is 0 Å². The Morgan fingerprint density at radius 3 is 2.76 bits per heavy atom. The Bertz CT molecular complexity index is 546. The Labute approximate surface area is 125 Å². The molecular formula is C16H22FN3O. The van der Waals surface area contributed by atoms with E-state index >= 15 is 0 Å². The molecule has 1 aromatic carbocycles. The molecule has 0 bridgehead atoms. The van der Waals surface area contributed by atoms with E-state index in [-0.39, 0.29) is 12.1 Å². The van der Waals surface area contributed by atoms with Crippen molar-refractivity contribution in [1.29, 1.82) is 0 Å². The molecule has 114 valence electrons. The molecular weight excluding hydrogens is 269 g/mol. The van der Waals surface area contributed by atoms with E-state index in [2.05, 4.69) is 35.9 Å². The zero-order valence-corrected chi connectivity index (χ0v) is 12.7. The molecule has 0 aromatic heterocycles. The van der Waals surface area contributed by atoms with Gasteiger partial charge in [0.1, 0.15) is 5.82 Å². The summed E-state index contributed by atoms with van der Waals surface area (Å²) in [5.41, 5.74) is 5.79. The second kappa shape index (κ2) is 8.40. The van der Waals surface area contributed by atoms with Crippen LogP contribution in [0.2, 0.25) is 0 Å². The normalized spacial score (nSPS) is 10.4. The van der Waals surface area contributed by atoms with Crippen LogP contribution in [-0.4, -0.2) is 43.5 Å². The number of carbonyl (C=O) groups excluding carboxylic acids is 1. The van der Waals surface area contributed by atoms with E-state index in [1.807, 2.05) is 7.05 Å². The number of hydrogen-bond donors (Lipinski definition) is 2. The number of likely N-dealkylation sites (N-methyl/N-ethyl adjacent to an activating group) is 1. The largest absolute Gasteiger partial charge is 0.351 e. The Morgan fingerprint density at radius 1 is 1.48 bits per heavy atom. The van der Waals surface area contributed by atoms with E-state index in [9.17, 15) is 9.18 Å². The predicted molar refractivity (Wildman–Crippen MR) is 82.4 cm³/mol. The molecule has 0 saturated carbocycles. The molecule has 3 N–H and O–H groups in total. The van der Waals surface area contributed by atoms with Crippen LogP contribution < -0.4 is 11.1 Å². The summed E-state index contributed by atoms with van der Waals surface area (Å²) in [5.74, 6) is 4.38. The summed E-state index contributed by atoms with van der Waals surface area (Å²) >= 11 is 0. The molecule has 1 amide bonds. The molecule has 0 saturated heterocycles. The molecule has 4 nitrogen and oxygen atoms in total. The number of carbonyl (C=O) groups is 1. The fourth-order valence-electron chi connectivity index (χ4n) is 1.63. The number of rotatable bonds is 5. The number of amides is 1. The number of halogens is 1. The van der Waals surface area contributed by atoms with Crippen LogP contribution in [0.25, 0.3) is 0 Å². The van der Waals surface area contributed by atoms with E-state index in [0.717, 1.165) is 0 Å². The Hall–Kier alpha value is -1.90. The average Bonchev–Trinajstić information content (AvgIpc) is 2.44. The van der Waals surface area contributed by atoms with Gasteiger partial charge in [-0.3, -0.25) is 4.79 Å². The summed E-state index contributed by atoms with van der Waals surface area (Å²) in [7, 11) is 1.97. The molecule has 0 radical (unpaired) electrons. The molecule has 0 unspecified atom stereocenters. The Kier molecular flexibility index (Phi) is 6.86. The minimum atomic E-state index is -0.575. The lowest BCUT2D eigenvalue weighted by Gasteiger charge is -2.20. The topological polar surface area (TPSA) is 58.4 Å². The summed E-state index contributed by atoms with van der Waals surface area (Å²) in [5, 5.41) is 2.71. The van der Waals surface area contributed by atoms with Gasteiger partial charge in [-0.05, 0) is 39.1 Å². The van der Waals surface area contributed by atoms with Crippen LogP contribution in [0, 0.1) is 17.7 Å². The van der Waals surface area contributed by atoms with Crippen LogP contribution in [-0.2, 0) is 0 Å². The molecule has 0 aliphatic carbocycles. The van der Waals surface area contributed by atoms with E-state index in [4.69, 9.17) is 5.73 Å². The first-order chi connectivity index (χ1) is 9.95. The molecule has 21 heavy (non-hydrogen) atoms. The third-order valence-electron chi connectivity index (χ3n) is 3.18. The van der Waals surface area contributed by atoms with Gasteiger partial charge in [0.15, 0.2) is 0 Å². The van der Waals surface area contributed by atoms with Gasteiger partial charge in [-0.25, -0.2) is 4.39 Å². The van der Waals surface area contributed by atoms with Crippen molar-refractivity contribution in [2.24, 2.45) is 5.73 Å². The third-order valence-corrected chi connectivity index (χ3v) is 3.18. The summed E-state index contributed by atoms with van der Waals surface area (Å²) in [6, 6.07) is 4.70. The zero-order valence-electron chi connectivity index (χ0n) is 12.7. The summed E-state index contributed by atoms with van der Waals surface area (Å²) in [6.45, 7) is 5.55. The Morgan fingerprint density at radius 2 is 2.19 bits per heavy atom. The van der Waals surface area contributed by atoms with Crippen LogP contribution in [0.15, 0.2) is 18.2 Å². The highest BCUT2D eigenvalue weighted by Crippen LogP contribution is 2.09. The predicted octanol–water partition coefficient (Wildman–Crippen LogP) is 1.21. The van der Waals surface area contributed by atoms with Crippen LogP contribution in [0.4, 0.5) is 4.39 Å². The second-order valence-corrected chi connectivity index (χ2v) is 5.03. The second-order valence-electron chi connectivity index (χ2n) is 5.03.